The molecule has 184 valence electrons. The van der Waals surface area contributed by atoms with E-state index in [0.29, 0.717) is 44.6 Å². The summed E-state index contributed by atoms with van der Waals surface area (Å²) in [7, 11) is 0. The average molecular weight is 485 g/mol. The van der Waals surface area contributed by atoms with Crippen molar-refractivity contribution in [1.82, 2.24) is 4.90 Å². The fourth-order valence-corrected chi connectivity index (χ4v) is 5.43. The molecule has 1 spiro atoms. The molecule has 0 aliphatic carbocycles. The molecule has 0 saturated carbocycles. The Hall–Kier alpha value is -3.54. The van der Waals surface area contributed by atoms with Gasteiger partial charge in [-0.15, -0.1) is 0 Å². The second-order valence-corrected chi connectivity index (χ2v) is 9.58. The van der Waals surface area contributed by atoms with Crippen LogP contribution in [0.15, 0.2) is 42.5 Å². The van der Waals surface area contributed by atoms with Crippen LogP contribution in [0.5, 0.6) is 0 Å². The zero-order chi connectivity index (χ0) is 25.4. The molecule has 2 N–H and O–H groups in total. The van der Waals surface area contributed by atoms with Crippen molar-refractivity contribution in [3.63, 3.8) is 0 Å². The molecule has 1 unspecified atom stereocenters. The van der Waals surface area contributed by atoms with Gasteiger partial charge >= 0.3 is 6.18 Å². The maximum atomic E-state index is 13.5. The van der Waals surface area contributed by atoms with Gasteiger partial charge in [-0.05, 0) is 43.5 Å². The van der Waals surface area contributed by atoms with E-state index in [0.717, 1.165) is 23.3 Å². The van der Waals surface area contributed by atoms with Crippen LogP contribution in [0.3, 0.4) is 0 Å². The third-order valence-electron chi connectivity index (χ3n) is 7.34. The number of anilines is 1. The fraction of sp³-hybridized carbons (Fsp3) is 0.423. The number of nitrogens with two attached hydrogens (primary N) is 1. The SMILES string of the molecule is Cc1cccc(CC(=O)N2CCC3(CC2)CN(c2ccc(C#N)c(C(F)(F)F)c2)CC3C(N)=O)c1. The largest absolute Gasteiger partial charge is 0.417 e. The number of halogens is 3. The number of amides is 2. The molecule has 0 aromatic heterocycles. The monoisotopic (exact) mass is 484 g/mol. The fourth-order valence-electron chi connectivity index (χ4n) is 5.43. The van der Waals surface area contributed by atoms with Crippen molar-refractivity contribution in [2.45, 2.75) is 32.4 Å². The van der Waals surface area contributed by atoms with E-state index < -0.39 is 34.5 Å². The second kappa shape index (κ2) is 9.25. The van der Waals surface area contributed by atoms with Crippen LogP contribution < -0.4 is 10.6 Å². The van der Waals surface area contributed by atoms with E-state index in [1.807, 2.05) is 31.2 Å². The first kappa shape index (κ1) is 24.6. The molecule has 2 aliphatic rings. The zero-order valence-electron chi connectivity index (χ0n) is 19.4. The van der Waals surface area contributed by atoms with E-state index in [2.05, 4.69) is 0 Å². The molecule has 2 saturated heterocycles. The Labute approximate surface area is 202 Å². The minimum absolute atomic E-state index is 0.0119. The molecule has 2 aromatic carbocycles. The highest BCUT2D eigenvalue weighted by atomic mass is 19.4. The summed E-state index contributed by atoms with van der Waals surface area (Å²) in [5.41, 5.74) is 6.11. The van der Waals surface area contributed by atoms with Crippen molar-refractivity contribution >= 4 is 17.5 Å². The summed E-state index contributed by atoms with van der Waals surface area (Å²) in [6.45, 7) is 3.46. The molecule has 2 aliphatic heterocycles. The van der Waals surface area contributed by atoms with Crippen LogP contribution in [0.1, 0.15) is 35.1 Å². The number of likely N-dealkylation sites (tertiary alicyclic amines) is 1. The normalized spacial score (nSPS) is 19.6. The van der Waals surface area contributed by atoms with Crippen LogP contribution in [-0.2, 0) is 22.2 Å². The molecular formula is C26H27F3N4O2. The summed E-state index contributed by atoms with van der Waals surface area (Å²) < 4.78 is 40.4. The summed E-state index contributed by atoms with van der Waals surface area (Å²) in [5, 5.41) is 9.07. The van der Waals surface area contributed by atoms with Crippen molar-refractivity contribution < 1.29 is 22.8 Å². The molecule has 6 nitrogen and oxygen atoms in total. The first-order valence-electron chi connectivity index (χ1n) is 11.5. The number of hydrogen-bond donors (Lipinski definition) is 1. The summed E-state index contributed by atoms with van der Waals surface area (Å²) in [5.74, 6) is -1.02. The summed E-state index contributed by atoms with van der Waals surface area (Å²) >= 11 is 0. The molecular weight excluding hydrogens is 457 g/mol. The van der Waals surface area contributed by atoms with Gasteiger partial charge in [-0.3, -0.25) is 9.59 Å². The molecule has 9 heteroatoms. The Balaban J connectivity index is 1.50. The minimum atomic E-state index is -4.66. The average Bonchev–Trinajstić information content (AvgIpc) is 3.17. The topological polar surface area (TPSA) is 90.4 Å². The van der Waals surface area contributed by atoms with Crippen molar-refractivity contribution in [2.24, 2.45) is 17.1 Å². The van der Waals surface area contributed by atoms with Crippen molar-refractivity contribution in [1.29, 1.82) is 5.26 Å². The second-order valence-electron chi connectivity index (χ2n) is 9.58. The van der Waals surface area contributed by atoms with Gasteiger partial charge in [0.1, 0.15) is 0 Å². The number of benzene rings is 2. The van der Waals surface area contributed by atoms with Gasteiger partial charge in [-0.25, -0.2) is 0 Å². The highest BCUT2D eigenvalue weighted by molar-refractivity contribution is 5.81. The van der Waals surface area contributed by atoms with E-state index >= 15 is 0 Å². The summed E-state index contributed by atoms with van der Waals surface area (Å²) in [4.78, 5) is 28.8. The highest BCUT2D eigenvalue weighted by Crippen LogP contribution is 2.46. The highest BCUT2D eigenvalue weighted by Gasteiger charge is 2.51. The summed E-state index contributed by atoms with van der Waals surface area (Å²) in [6, 6.07) is 13.0. The van der Waals surface area contributed by atoms with E-state index in [1.165, 1.54) is 6.07 Å². The van der Waals surface area contributed by atoms with Crippen LogP contribution in [-0.4, -0.2) is 42.9 Å². The predicted molar refractivity (Wildman–Crippen MR) is 124 cm³/mol. The lowest BCUT2D eigenvalue weighted by molar-refractivity contribution is -0.138. The van der Waals surface area contributed by atoms with Gasteiger partial charge in [0, 0.05) is 37.3 Å². The number of hydrogen-bond acceptors (Lipinski definition) is 4. The maximum Gasteiger partial charge on any atom is 0.417 e. The van der Waals surface area contributed by atoms with Gasteiger partial charge in [0.2, 0.25) is 11.8 Å². The van der Waals surface area contributed by atoms with Gasteiger partial charge < -0.3 is 15.5 Å². The van der Waals surface area contributed by atoms with Crippen LogP contribution in [0, 0.1) is 29.6 Å². The first-order valence-corrected chi connectivity index (χ1v) is 11.5. The van der Waals surface area contributed by atoms with E-state index in [4.69, 9.17) is 11.0 Å². The van der Waals surface area contributed by atoms with Crippen molar-refractivity contribution in [3.05, 3.63) is 64.7 Å². The van der Waals surface area contributed by atoms with E-state index in [-0.39, 0.29) is 12.5 Å². The van der Waals surface area contributed by atoms with Crippen LogP contribution in [0.4, 0.5) is 18.9 Å². The zero-order valence-corrected chi connectivity index (χ0v) is 19.4. The Kier molecular flexibility index (Phi) is 6.50. The molecule has 4 rings (SSSR count). The number of primary amides is 1. The Bertz CT molecular complexity index is 1180. The van der Waals surface area contributed by atoms with Gasteiger partial charge in [0.15, 0.2) is 0 Å². The Morgan fingerprint density at radius 1 is 1.17 bits per heavy atom. The van der Waals surface area contributed by atoms with Crippen LogP contribution in [0.25, 0.3) is 0 Å². The standard InChI is InChI=1S/C26H27F3N4O2/c1-17-3-2-4-18(11-17)12-23(34)32-9-7-25(8-10-32)16-33(15-22(25)24(31)35)20-6-5-19(14-30)21(13-20)26(27,28)29/h2-6,11,13,22H,7-10,12,15-16H2,1H3,(H2,31,35). The number of carbonyl (C=O) groups is 2. The number of rotatable bonds is 4. The van der Waals surface area contributed by atoms with Gasteiger partial charge in [-0.2, -0.15) is 18.4 Å². The van der Waals surface area contributed by atoms with Crippen molar-refractivity contribution in [3.8, 4) is 6.07 Å². The van der Waals surface area contributed by atoms with Gasteiger partial charge in [0.05, 0.1) is 29.5 Å². The van der Waals surface area contributed by atoms with E-state index in [9.17, 15) is 22.8 Å². The number of alkyl halides is 3. The summed E-state index contributed by atoms with van der Waals surface area (Å²) in [6.07, 6.45) is -3.28. The lowest BCUT2D eigenvalue weighted by atomic mass is 9.70. The molecule has 2 heterocycles. The number of nitriles is 1. The van der Waals surface area contributed by atoms with Crippen LogP contribution in [0.2, 0.25) is 0 Å². The Morgan fingerprint density at radius 3 is 2.49 bits per heavy atom. The van der Waals surface area contributed by atoms with Crippen LogP contribution >= 0.6 is 0 Å². The third kappa shape index (κ3) is 4.97. The number of carbonyl (C=O) groups excluding carboxylic acids is 2. The molecule has 2 aromatic rings. The van der Waals surface area contributed by atoms with E-state index in [1.54, 1.807) is 15.9 Å². The number of piperidine rings is 1. The van der Waals surface area contributed by atoms with Gasteiger partial charge in [0.25, 0.3) is 0 Å². The molecule has 0 bridgehead atoms. The number of aryl methyl sites for hydroxylation is 1. The van der Waals surface area contributed by atoms with Crippen molar-refractivity contribution in [2.75, 3.05) is 31.1 Å². The first-order chi connectivity index (χ1) is 16.5. The lowest BCUT2D eigenvalue weighted by Gasteiger charge is -2.41. The van der Waals surface area contributed by atoms with Gasteiger partial charge in [-0.1, -0.05) is 29.8 Å². The molecule has 2 amide bonds. The Morgan fingerprint density at radius 2 is 1.89 bits per heavy atom. The quantitative estimate of drug-likeness (QED) is 0.717. The molecule has 2 fully saturated rings. The molecule has 1 atom stereocenters. The number of nitrogens with zero attached hydrogens (tertiary/aromatic N) is 3. The predicted octanol–water partition coefficient (Wildman–Crippen LogP) is 3.66. The lowest BCUT2D eigenvalue weighted by Crippen LogP contribution is -2.49. The smallest absolute Gasteiger partial charge is 0.370 e. The third-order valence-corrected chi connectivity index (χ3v) is 7.34. The molecule has 35 heavy (non-hydrogen) atoms. The minimum Gasteiger partial charge on any atom is -0.370 e. The molecule has 0 radical (unpaired) electrons. The maximum absolute atomic E-state index is 13.5.